The zero-order valence-electron chi connectivity index (χ0n) is 18.3. The van der Waals surface area contributed by atoms with E-state index in [0.717, 1.165) is 67.5 Å². The molecule has 0 aliphatic carbocycles. The molecule has 32 heavy (non-hydrogen) atoms. The Morgan fingerprint density at radius 1 is 1.09 bits per heavy atom. The number of nitrogens with zero attached hydrogens (tertiary/aromatic N) is 4. The summed E-state index contributed by atoms with van der Waals surface area (Å²) in [6, 6.07) is 18.7. The van der Waals surface area contributed by atoms with Crippen LogP contribution in [0, 0.1) is 18.3 Å². The van der Waals surface area contributed by atoms with Gasteiger partial charge in [-0.2, -0.15) is 5.26 Å². The van der Waals surface area contributed by atoms with Crippen LogP contribution in [0.3, 0.4) is 0 Å². The molecule has 0 atom stereocenters. The summed E-state index contributed by atoms with van der Waals surface area (Å²) in [5.74, 6) is 0. The molecule has 0 radical (unpaired) electrons. The summed E-state index contributed by atoms with van der Waals surface area (Å²) in [4.78, 5) is 14.5. The van der Waals surface area contributed by atoms with Crippen molar-refractivity contribution < 1.29 is 0 Å². The van der Waals surface area contributed by atoms with Crippen LogP contribution in [0.25, 0.3) is 21.3 Å². The van der Waals surface area contributed by atoms with E-state index in [9.17, 15) is 5.26 Å². The van der Waals surface area contributed by atoms with E-state index in [4.69, 9.17) is 4.98 Å². The molecule has 0 bridgehead atoms. The van der Waals surface area contributed by atoms with Gasteiger partial charge in [0, 0.05) is 43.3 Å². The fraction of sp³-hybridized carbons (Fsp3) is 0.308. The van der Waals surface area contributed by atoms with Gasteiger partial charge in [0.05, 0.1) is 22.2 Å². The van der Waals surface area contributed by atoms with E-state index in [-0.39, 0.29) is 0 Å². The minimum atomic E-state index is 0.724. The number of hydrogen-bond acceptors (Lipinski definition) is 5. The molecule has 1 aliphatic rings. The number of fused-ring (bicyclic) bond motifs is 1. The van der Waals surface area contributed by atoms with Gasteiger partial charge in [-0.3, -0.25) is 4.90 Å². The summed E-state index contributed by atoms with van der Waals surface area (Å²) < 4.78 is 0. The second kappa shape index (κ2) is 9.15. The van der Waals surface area contributed by atoms with E-state index in [2.05, 4.69) is 64.3 Å². The maximum absolute atomic E-state index is 9.18. The van der Waals surface area contributed by atoms with Gasteiger partial charge in [0.2, 0.25) is 0 Å². The van der Waals surface area contributed by atoms with E-state index in [0.29, 0.717) is 0 Å². The summed E-state index contributed by atoms with van der Waals surface area (Å²) in [5.41, 5.74) is 5.52. The molecule has 0 unspecified atom stereocenters. The van der Waals surface area contributed by atoms with Gasteiger partial charge in [0.15, 0.2) is 5.13 Å². The number of thiazole rings is 1. The lowest BCUT2D eigenvalue weighted by Gasteiger charge is -2.34. The third-order valence-electron chi connectivity index (χ3n) is 6.28. The molecule has 1 aliphatic heterocycles. The van der Waals surface area contributed by atoms with Crippen molar-refractivity contribution in [1.82, 2.24) is 14.9 Å². The fourth-order valence-corrected chi connectivity index (χ4v) is 5.61. The number of benzene rings is 2. The molecule has 0 spiro atoms. The highest BCUT2D eigenvalue weighted by Crippen LogP contribution is 2.34. The Labute approximate surface area is 192 Å². The first-order valence-corrected chi connectivity index (χ1v) is 12.0. The number of anilines is 1. The van der Waals surface area contributed by atoms with Gasteiger partial charge in [0.1, 0.15) is 0 Å². The molecule has 162 valence electrons. The van der Waals surface area contributed by atoms with Crippen molar-refractivity contribution in [2.45, 2.75) is 19.8 Å². The molecule has 4 aromatic rings. The van der Waals surface area contributed by atoms with Crippen molar-refractivity contribution in [2.24, 2.45) is 0 Å². The van der Waals surface area contributed by atoms with Crippen molar-refractivity contribution in [2.75, 3.05) is 37.6 Å². The van der Waals surface area contributed by atoms with Gasteiger partial charge in [-0.15, -0.1) is 0 Å². The van der Waals surface area contributed by atoms with E-state index in [1.54, 1.807) is 0 Å². The molecule has 0 amide bonds. The number of aromatic amines is 1. The number of rotatable bonds is 6. The fourth-order valence-electron chi connectivity index (χ4n) is 4.49. The molecule has 2 aromatic heterocycles. The lowest BCUT2D eigenvalue weighted by Crippen LogP contribution is -2.46. The van der Waals surface area contributed by atoms with Gasteiger partial charge < -0.3 is 9.88 Å². The third-order valence-corrected chi connectivity index (χ3v) is 7.55. The monoisotopic (exact) mass is 441 g/mol. The van der Waals surface area contributed by atoms with Crippen LogP contribution in [-0.2, 0) is 6.42 Å². The number of piperazine rings is 1. The van der Waals surface area contributed by atoms with Crippen LogP contribution in [0.15, 0.2) is 54.7 Å². The van der Waals surface area contributed by atoms with Gasteiger partial charge >= 0.3 is 0 Å². The number of nitrogens with one attached hydrogen (secondary N) is 1. The summed E-state index contributed by atoms with van der Waals surface area (Å²) in [6.45, 7) is 7.42. The van der Waals surface area contributed by atoms with Crippen LogP contribution >= 0.6 is 11.3 Å². The first-order valence-electron chi connectivity index (χ1n) is 11.2. The van der Waals surface area contributed by atoms with E-state index in [1.165, 1.54) is 21.4 Å². The minimum absolute atomic E-state index is 0.724. The van der Waals surface area contributed by atoms with Crippen LogP contribution in [0.4, 0.5) is 5.13 Å². The largest absolute Gasteiger partial charge is 0.361 e. The highest BCUT2D eigenvalue weighted by Gasteiger charge is 2.21. The molecule has 5 nitrogen and oxygen atoms in total. The highest BCUT2D eigenvalue weighted by atomic mass is 32.1. The Morgan fingerprint density at radius 2 is 1.91 bits per heavy atom. The lowest BCUT2D eigenvalue weighted by atomic mass is 10.1. The number of nitriles is 1. The van der Waals surface area contributed by atoms with Crippen molar-refractivity contribution in [3.05, 3.63) is 71.5 Å². The summed E-state index contributed by atoms with van der Waals surface area (Å²) in [6.07, 6.45) is 4.25. The smallest absolute Gasteiger partial charge is 0.186 e. The minimum Gasteiger partial charge on any atom is -0.361 e. The number of aromatic nitrogens is 2. The average Bonchev–Trinajstić information content (AvgIpc) is 3.43. The number of aryl methyl sites for hydroxylation is 2. The Kier molecular flexibility index (Phi) is 5.93. The Balaban J connectivity index is 1.15. The number of hydrogen-bond donors (Lipinski definition) is 1. The topological polar surface area (TPSA) is 59.0 Å². The normalized spacial score (nSPS) is 14.7. The first-order chi connectivity index (χ1) is 15.7. The van der Waals surface area contributed by atoms with Crippen molar-refractivity contribution in [3.63, 3.8) is 0 Å². The molecule has 2 aromatic carbocycles. The molecule has 6 heteroatoms. The Hall–Kier alpha value is -3.14. The Bertz CT molecular complexity index is 1240. The molecular weight excluding hydrogens is 414 g/mol. The Morgan fingerprint density at radius 3 is 2.69 bits per heavy atom. The van der Waals surface area contributed by atoms with Gasteiger partial charge in [-0.1, -0.05) is 41.7 Å². The third kappa shape index (κ3) is 4.27. The predicted molar refractivity (Wildman–Crippen MR) is 132 cm³/mol. The van der Waals surface area contributed by atoms with Crippen LogP contribution in [0.1, 0.15) is 23.2 Å². The summed E-state index contributed by atoms with van der Waals surface area (Å²) in [7, 11) is 0. The quantitative estimate of drug-likeness (QED) is 0.445. The highest BCUT2D eigenvalue weighted by molar-refractivity contribution is 7.19. The lowest BCUT2D eigenvalue weighted by molar-refractivity contribution is 0.255. The average molecular weight is 442 g/mol. The second-order valence-corrected chi connectivity index (χ2v) is 9.37. The summed E-state index contributed by atoms with van der Waals surface area (Å²) in [5, 5.41) is 11.5. The molecular formula is C26H27N5S. The van der Waals surface area contributed by atoms with Crippen LogP contribution in [0.2, 0.25) is 0 Å². The van der Waals surface area contributed by atoms with Crippen molar-refractivity contribution in [3.8, 4) is 16.5 Å². The van der Waals surface area contributed by atoms with Gasteiger partial charge in [0.25, 0.3) is 0 Å². The van der Waals surface area contributed by atoms with Crippen LogP contribution in [-0.4, -0.2) is 47.6 Å². The van der Waals surface area contributed by atoms with Crippen LogP contribution in [0.5, 0.6) is 0 Å². The molecule has 1 saturated heterocycles. The zero-order valence-corrected chi connectivity index (χ0v) is 19.2. The second-order valence-electron chi connectivity index (χ2n) is 8.40. The molecule has 1 fully saturated rings. The maximum atomic E-state index is 9.18. The molecule has 0 saturated carbocycles. The SMILES string of the molecule is Cc1nc(N2CCN(CCCc3c[nH]c4ccc(C#N)cc34)CC2)sc1-c1ccccc1. The van der Waals surface area contributed by atoms with Crippen molar-refractivity contribution >= 4 is 27.4 Å². The van der Waals surface area contributed by atoms with Crippen LogP contribution < -0.4 is 4.90 Å². The standard InChI is InChI=1S/C26H27N5S/c1-19-25(21-6-3-2-4-7-21)32-26(29-19)31-14-12-30(13-15-31)11-5-8-22-18-28-24-10-9-20(17-27)16-23(22)24/h2-4,6-7,9-10,16,18,28H,5,8,11-15H2,1H3. The zero-order chi connectivity index (χ0) is 21.9. The molecule has 5 rings (SSSR count). The van der Waals surface area contributed by atoms with E-state index < -0.39 is 0 Å². The van der Waals surface area contributed by atoms with E-state index in [1.807, 2.05) is 29.5 Å². The first kappa shape index (κ1) is 20.7. The molecule has 1 N–H and O–H groups in total. The van der Waals surface area contributed by atoms with Gasteiger partial charge in [-0.05, 0) is 55.6 Å². The van der Waals surface area contributed by atoms with E-state index >= 15 is 0 Å². The molecule has 3 heterocycles. The van der Waals surface area contributed by atoms with Crippen molar-refractivity contribution in [1.29, 1.82) is 5.26 Å². The number of H-pyrrole nitrogens is 1. The summed E-state index contributed by atoms with van der Waals surface area (Å²) >= 11 is 1.81. The predicted octanol–water partition coefficient (Wildman–Crippen LogP) is 5.23. The van der Waals surface area contributed by atoms with Gasteiger partial charge in [-0.25, -0.2) is 4.98 Å². The maximum Gasteiger partial charge on any atom is 0.186 e.